The van der Waals surface area contributed by atoms with Crippen LogP contribution in [-0.2, 0) is 4.79 Å². The van der Waals surface area contributed by atoms with Crippen molar-refractivity contribution in [3.05, 3.63) is 39.7 Å². The lowest BCUT2D eigenvalue weighted by Gasteiger charge is -2.20. The van der Waals surface area contributed by atoms with E-state index in [1.54, 1.807) is 6.92 Å². The zero-order valence-electron chi connectivity index (χ0n) is 11.9. The highest BCUT2D eigenvalue weighted by Crippen LogP contribution is 2.21. The van der Waals surface area contributed by atoms with Crippen LogP contribution in [0.15, 0.2) is 18.2 Å². The smallest absolute Gasteiger partial charge is 0.282 e. The van der Waals surface area contributed by atoms with Crippen LogP contribution in [0.5, 0.6) is 0 Å². The molecule has 2 amide bonds. The van der Waals surface area contributed by atoms with Gasteiger partial charge in [0.25, 0.3) is 11.6 Å². The predicted octanol–water partition coefficient (Wildman–Crippen LogP) is 1.19. The zero-order chi connectivity index (χ0) is 16.2. The molecule has 0 aliphatic rings. The first kappa shape index (κ1) is 16.5. The lowest BCUT2D eigenvalue weighted by atomic mass is 10.1. The summed E-state index contributed by atoms with van der Waals surface area (Å²) in [6, 6.07) is 2.68. The van der Waals surface area contributed by atoms with Crippen molar-refractivity contribution < 1.29 is 18.9 Å². The number of hydrogen-bond acceptors (Lipinski definition) is 4. The van der Waals surface area contributed by atoms with Crippen molar-refractivity contribution in [1.82, 2.24) is 10.2 Å². The summed E-state index contributed by atoms with van der Waals surface area (Å²) in [6.45, 7) is 1.68. The van der Waals surface area contributed by atoms with Crippen LogP contribution < -0.4 is 5.32 Å². The molecule has 8 heteroatoms. The minimum Gasteiger partial charge on any atom is -0.359 e. The van der Waals surface area contributed by atoms with E-state index in [-0.39, 0.29) is 18.0 Å². The summed E-state index contributed by atoms with van der Waals surface area (Å²) in [6.07, 6.45) is 0. The van der Waals surface area contributed by atoms with Gasteiger partial charge in [-0.1, -0.05) is 6.92 Å². The Hall–Kier alpha value is -2.51. The average molecular weight is 297 g/mol. The fraction of sp³-hybridized carbons (Fsp3) is 0.385. The van der Waals surface area contributed by atoms with E-state index in [1.807, 2.05) is 0 Å². The van der Waals surface area contributed by atoms with E-state index in [9.17, 15) is 24.1 Å². The number of nitrogens with zero attached hydrogens (tertiary/aromatic N) is 2. The maximum absolute atomic E-state index is 13.2. The number of rotatable bonds is 5. The number of carbonyl (C=O) groups excluding carboxylic acids is 2. The number of hydrogen-bond donors (Lipinski definition) is 1. The van der Waals surface area contributed by atoms with Crippen LogP contribution in [0.3, 0.4) is 0 Å². The first-order valence-electron chi connectivity index (χ1n) is 6.19. The second kappa shape index (κ2) is 6.78. The Kier molecular flexibility index (Phi) is 5.34. The minimum absolute atomic E-state index is 0.0617. The molecular weight excluding hydrogens is 281 g/mol. The lowest BCUT2D eigenvalue weighted by molar-refractivity contribution is -0.385. The molecule has 0 saturated carbocycles. The van der Waals surface area contributed by atoms with Crippen LogP contribution in [0.25, 0.3) is 0 Å². The van der Waals surface area contributed by atoms with Crippen molar-refractivity contribution in [2.75, 3.05) is 20.6 Å². The molecule has 0 aliphatic carbocycles. The molecule has 1 aromatic rings. The third kappa shape index (κ3) is 3.98. The largest absolute Gasteiger partial charge is 0.359 e. The molecule has 1 atom stereocenters. The Labute approximate surface area is 120 Å². The molecule has 1 N–H and O–H groups in total. The first-order chi connectivity index (χ1) is 9.77. The molecule has 0 fully saturated rings. The molecule has 0 heterocycles. The van der Waals surface area contributed by atoms with Crippen molar-refractivity contribution in [3.63, 3.8) is 0 Å². The molecule has 0 spiro atoms. The average Bonchev–Trinajstić information content (AvgIpc) is 2.44. The van der Waals surface area contributed by atoms with Gasteiger partial charge in [-0.2, -0.15) is 0 Å². The van der Waals surface area contributed by atoms with E-state index in [4.69, 9.17) is 0 Å². The van der Waals surface area contributed by atoms with Crippen LogP contribution in [-0.4, -0.2) is 42.3 Å². The highest BCUT2D eigenvalue weighted by molar-refractivity contribution is 5.98. The topological polar surface area (TPSA) is 92.6 Å². The third-order valence-corrected chi connectivity index (χ3v) is 2.97. The van der Waals surface area contributed by atoms with Gasteiger partial charge in [-0.25, -0.2) is 4.39 Å². The summed E-state index contributed by atoms with van der Waals surface area (Å²) in [4.78, 5) is 34.9. The van der Waals surface area contributed by atoms with E-state index in [2.05, 4.69) is 5.32 Å². The molecule has 1 rings (SSSR count). The monoisotopic (exact) mass is 297 g/mol. The second-order valence-corrected chi connectivity index (χ2v) is 4.62. The number of nitrogens with one attached hydrogen (secondary N) is 1. The van der Waals surface area contributed by atoms with Gasteiger partial charge in [0.1, 0.15) is 11.4 Å². The van der Waals surface area contributed by atoms with Gasteiger partial charge in [-0.05, 0) is 12.1 Å². The molecule has 0 aliphatic heterocycles. The Bertz CT molecular complexity index is 577. The van der Waals surface area contributed by atoms with E-state index in [0.29, 0.717) is 0 Å². The molecule has 7 nitrogen and oxygen atoms in total. The van der Waals surface area contributed by atoms with Crippen molar-refractivity contribution in [1.29, 1.82) is 0 Å². The van der Waals surface area contributed by atoms with Crippen molar-refractivity contribution in [3.8, 4) is 0 Å². The van der Waals surface area contributed by atoms with Gasteiger partial charge in [0.05, 0.1) is 10.8 Å². The Balaban J connectivity index is 3.00. The number of halogens is 1. The number of nitro groups is 1. The van der Waals surface area contributed by atoms with Crippen molar-refractivity contribution >= 4 is 17.5 Å². The molecule has 0 aromatic heterocycles. The SMILES string of the molecule is CNC(=O)C(C)CN(C)C(=O)c1cc(F)ccc1[N+](=O)[O-]. The predicted molar refractivity (Wildman–Crippen MR) is 73.2 cm³/mol. The minimum atomic E-state index is -0.747. The Morgan fingerprint density at radius 1 is 1.48 bits per heavy atom. The maximum Gasteiger partial charge on any atom is 0.282 e. The van der Waals surface area contributed by atoms with Gasteiger partial charge >= 0.3 is 0 Å². The zero-order valence-corrected chi connectivity index (χ0v) is 11.9. The third-order valence-electron chi connectivity index (χ3n) is 2.97. The van der Waals surface area contributed by atoms with Crippen LogP contribution in [0.2, 0.25) is 0 Å². The van der Waals surface area contributed by atoms with E-state index >= 15 is 0 Å². The van der Waals surface area contributed by atoms with Gasteiger partial charge in [0.2, 0.25) is 5.91 Å². The first-order valence-corrected chi connectivity index (χ1v) is 6.19. The Morgan fingerprint density at radius 3 is 2.62 bits per heavy atom. The molecule has 0 radical (unpaired) electrons. The number of amides is 2. The normalized spacial score (nSPS) is 11.6. The Morgan fingerprint density at radius 2 is 2.10 bits per heavy atom. The summed E-state index contributed by atoms with van der Waals surface area (Å²) in [5.74, 6) is -2.20. The summed E-state index contributed by atoms with van der Waals surface area (Å²) >= 11 is 0. The highest BCUT2D eigenvalue weighted by atomic mass is 19.1. The molecule has 0 saturated heterocycles. The van der Waals surface area contributed by atoms with Crippen LogP contribution >= 0.6 is 0 Å². The second-order valence-electron chi connectivity index (χ2n) is 4.62. The molecular formula is C13H16FN3O4. The van der Waals surface area contributed by atoms with Crippen LogP contribution in [0.4, 0.5) is 10.1 Å². The van der Waals surface area contributed by atoms with Crippen molar-refractivity contribution in [2.24, 2.45) is 5.92 Å². The fourth-order valence-electron chi connectivity index (χ4n) is 1.87. The maximum atomic E-state index is 13.2. The molecule has 0 bridgehead atoms. The highest BCUT2D eigenvalue weighted by Gasteiger charge is 2.25. The van der Waals surface area contributed by atoms with Crippen LogP contribution in [0.1, 0.15) is 17.3 Å². The summed E-state index contributed by atoms with van der Waals surface area (Å²) in [5.41, 5.74) is -0.813. The molecule has 1 unspecified atom stereocenters. The number of benzene rings is 1. The molecule has 21 heavy (non-hydrogen) atoms. The van der Waals surface area contributed by atoms with E-state index in [1.165, 1.54) is 14.1 Å². The van der Waals surface area contributed by atoms with Crippen molar-refractivity contribution in [2.45, 2.75) is 6.92 Å². The van der Waals surface area contributed by atoms with Gasteiger partial charge < -0.3 is 10.2 Å². The van der Waals surface area contributed by atoms with Gasteiger partial charge in [0, 0.05) is 26.7 Å². The van der Waals surface area contributed by atoms with E-state index in [0.717, 1.165) is 23.1 Å². The van der Waals surface area contributed by atoms with Gasteiger partial charge in [-0.15, -0.1) is 0 Å². The summed E-state index contributed by atoms with van der Waals surface area (Å²) in [7, 11) is 2.87. The van der Waals surface area contributed by atoms with Gasteiger partial charge in [-0.3, -0.25) is 19.7 Å². The van der Waals surface area contributed by atoms with Crippen LogP contribution in [0, 0.1) is 21.8 Å². The molecule has 114 valence electrons. The summed E-state index contributed by atoms with van der Waals surface area (Å²) in [5, 5.41) is 13.3. The number of carbonyl (C=O) groups is 2. The molecule has 1 aromatic carbocycles. The quantitative estimate of drug-likeness (QED) is 0.652. The summed E-state index contributed by atoms with van der Waals surface area (Å²) < 4.78 is 13.2. The number of nitro benzene ring substituents is 1. The fourth-order valence-corrected chi connectivity index (χ4v) is 1.87. The van der Waals surface area contributed by atoms with Gasteiger partial charge in [0.15, 0.2) is 0 Å². The van der Waals surface area contributed by atoms with E-state index < -0.39 is 28.3 Å². The standard InChI is InChI=1S/C13H16FN3O4/c1-8(12(18)15-2)7-16(3)13(19)10-6-9(14)4-5-11(10)17(20)21/h4-6,8H,7H2,1-3H3,(H,15,18). The lowest BCUT2D eigenvalue weighted by Crippen LogP contribution is -2.37.